The molecule has 0 radical (unpaired) electrons. The van der Waals surface area contributed by atoms with Crippen LogP contribution in [0.5, 0.6) is 11.5 Å². The van der Waals surface area contributed by atoms with Gasteiger partial charge >= 0.3 is 6.09 Å². The molecule has 1 aromatic heterocycles. The maximum atomic E-state index is 13.4. The van der Waals surface area contributed by atoms with Gasteiger partial charge in [0, 0.05) is 30.7 Å². The zero-order valence-electron chi connectivity index (χ0n) is 25.7. The quantitative estimate of drug-likeness (QED) is 0.347. The number of aryl methyl sites for hydroxylation is 2. The highest BCUT2D eigenvalue weighted by molar-refractivity contribution is 6.08. The third kappa shape index (κ3) is 6.40. The summed E-state index contributed by atoms with van der Waals surface area (Å²) >= 11 is 0. The van der Waals surface area contributed by atoms with Crippen LogP contribution in [0.25, 0.3) is 17.0 Å². The number of nitrogens with zero attached hydrogens (tertiary/aromatic N) is 3. The zero-order chi connectivity index (χ0) is 30.2. The van der Waals surface area contributed by atoms with Crippen LogP contribution in [-0.2, 0) is 11.3 Å². The highest BCUT2D eigenvalue weighted by Crippen LogP contribution is 2.39. The number of likely N-dealkylation sites (tertiary alicyclic amines) is 1. The maximum absolute atomic E-state index is 13.4. The molecule has 1 saturated heterocycles. The van der Waals surface area contributed by atoms with Gasteiger partial charge in [-0.15, -0.1) is 0 Å². The average molecular weight is 575 g/mol. The number of piperidine rings is 1. The smallest absolute Gasteiger partial charge is 0.410 e. The van der Waals surface area contributed by atoms with Crippen molar-refractivity contribution in [2.45, 2.75) is 78.6 Å². The SMILES string of the molecule is COc1c(C(=O)Nc2ccc3c(C)nn(CCC4CCN(C(=O)OC(C)(C)C)CC4)c3c2)ccc2c1C=CC(C)(C)O2. The number of nitrogens with one attached hydrogen (secondary N) is 1. The van der Waals surface area contributed by atoms with E-state index in [0.29, 0.717) is 41.8 Å². The number of methoxy groups -OCH3 is 1. The highest BCUT2D eigenvalue weighted by atomic mass is 16.6. The lowest BCUT2D eigenvalue weighted by Gasteiger charge is -2.33. The summed E-state index contributed by atoms with van der Waals surface area (Å²) in [6.07, 6.45) is 6.53. The van der Waals surface area contributed by atoms with E-state index in [4.69, 9.17) is 19.3 Å². The summed E-state index contributed by atoms with van der Waals surface area (Å²) < 4.78 is 19.3. The summed E-state index contributed by atoms with van der Waals surface area (Å²) in [5.41, 5.74) is 2.91. The Kier molecular flexibility index (Phi) is 7.96. The second kappa shape index (κ2) is 11.3. The molecule has 5 rings (SSSR count). The van der Waals surface area contributed by atoms with E-state index in [1.165, 1.54) is 0 Å². The summed E-state index contributed by atoms with van der Waals surface area (Å²) in [6, 6.07) is 9.45. The fourth-order valence-electron chi connectivity index (χ4n) is 5.65. The molecule has 2 amide bonds. The number of amides is 2. The Morgan fingerprint density at radius 3 is 2.57 bits per heavy atom. The minimum absolute atomic E-state index is 0.231. The van der Waals surface area contributed by atoms with Crippen molar-refractivity contribution in [1.29, 1.82) is 0 Å². The fraction of sp³-hybridized carbons (Fsp3) is 0.485. The molecule has 9 nitrogen and oxygen atoms in total. The van der Waals surface area contributed by atoms with Crippen LogP contribution in [0.1, 0.15) is 75.5 Å². The van der Waals surface area contributed by atoms with Crippen molar-refractivity contribution >= 4 is 34.7 Å². The topological polar surface area (TPSA) is 94.9 Å². The van der Waals surface area contributed by atoms with Gasteiger partial charge in [-0.05, 0) is 109 Å². The van der Waals surface area contributed by atoms with E-state index in [1.807, 2.05) is 87.5 Å². The Balaban J connectivity index is 1.26. The van der Waals surface area contributed by atoms with Crippen LogP contribution in [-0.4, -0.2) is 58.1 Å². The van der Waals surface area contributed by atoms with Crippen molar-refractivity contribution in [3.8, 4) is 11.5 Å². The summed E-state index contributed by atoms with van der Waals surface area (Å²) in [5.74, 6) is 1.42. The standard InChI is InChI=1S/C33H42N4O5/c1-21-24-9-8-23(34-30(38)26-10-11-28-25(29(26)40-7)12-16-33(5,6)41-28)20-27(24)37(35-21)19-15-22-13-17-36(18-14-22)31(39)42-32(2,3)4/h8-12,16,20,22H,13-15,17-19H2,1-7H3,(H,34,38). The number of ether oxygens (including phenoxy) is 3. The van der Waals surface area contributed by atoms with E-state index in [0.717, 1.165) is 48.0 Å². The monoisotopic (exact) mass is 574 g/mol. The number of hydrogen-bond donors (Lipinski definition) is 1. The van der Waals surface area contributed by atoms with Crippen LogP contribution < -0.4 is 14.8 Å². The van der Waals surface area contributed by atoms with Crippen LogP contribution in [0.2, 0.25) is 0 Å². The normalized spacial score (nSPS) is 16.6. The number of carbonyl (C=O) groups excluding carboxylic acids is 2. The molecular weight excluding hydrogens is 532 g/mol. The average Bonchev–Trinajstić information content (AvgIpc) is 3.24. The summed E-state index contributed by atoms with van der Waals surface area (Å²) in [7, 11) is 1.56. The van der Waals surface area contributed by atoms with Gasteiger partial charge < -0.3 is 24.4 Å². The van der Waals surface area contributed by atoms with Crippen molar-refractivity contribution in [3.05, 3.63) is 53.2 Å². The minimum atomic E-state index is -0.485. The van der Waals surface area contributed by atoms with Gasteiger partial charge in [0.2, 0.25) is 0 Å². The zero-order valence-corrected chi connectivity index (χ0v) is 25.7. The predicted octanol–water partition coefficient (Wildman–Crippen LogP) is 6.83. The van der Waals surface area contributed by atoms with Crippen molar-refractivity contribution in [2.75, 3.05) is 25.5 Å². The molecule has 0 saturated carbocycles. The third-order valence-corrected chi connectivity index (χ3v) is 7.84. The minimum Gasteiger partial charge on any atom is -0.495 e. The maximum Gasteiger partial charge on any atom is 0.410 e. The van der Waals surface area contributed by atoms with Gasteiger partial charge in [0.05, 0.1) is 29.4 Å². The lowest BCUT2D eigenvalue weighted by molar-refractivity contribution is 0.0179. The van der Waals surface area contributed by atoms with Gasteiger partial charge in [-0.1, -0.05) is 0 Å². The molecule has 0 unspecified atom stereocenters. The summed E-state index contributed by atoms with van der Waals surface area (Å²) in [4.78, 5) is 27.6. The van der Waals surface area contributed by atoms with E-state index in [2.05, 4.69) is 5.32 Å². The Morgan fingerprint density at radius 2 is 1.88 bits per heavy atom. The predicted molar refractivity (Wildman–Crippen MR) is 164 cm³/mol. The molecule has 0 atom stereocenters. The first-order valence-corrected chi connectivity index (χ1v) is 14.7. The van der Waals surface area contributed by atoms with Crippen LogP contribution in [0.4, 0.5) is 10.5 Å². The molecule has 42 heavy (non-hydrogen) atoms. The van der Waals surface area contributed by atoms with Crippen molar-refractivity contribution in [1.82, 2.24) is 14.7 Å². The van der Waals surface area contributed by atoms with Crippen molar-refractivity contribution in [2.24, 2.45) is 5.92 Å². The van der Waals surface area contributed by atoms with E-state index in [9.17, 15) is 9.59 Å². The number of fused-ring (bicyclic) bond motifs is 2. The Bertz CT molecular complexity index is 1520. The van der Waals surface area contributed by atoms with E-state index >= 15 is 0 Å². The molecule has 2 aromatic carbocycles. The lowest BCUT2D eigenvalue weighted by atomic mass is 9.94. The fourth-order valence-corrected chi connectivity index (χ4v) is 5.65. The molecule has 2 aliphatic rings. The first kappa shape index (κ1) is 29.5. The molecule has 224 valence electrons. The van der Waals surface area contributed by atoms with Gasteiger partial charge in [-0.25, -0.2) is 4.79 Å². The molecule has 0 bridgehead atoms. The lowest BCUT2D eigenvalue weighted by Crippen LogP contribution is -2.41. The van der Waals surface area contributed by atoms with Gasteiger partial charge in [0.25, 0.3) is 5.91 Å². The summed E-state index contributed by atoms with van der Waals surface area (Å²) in [5, 5.41) is 8.91. The van der Waals surface area contributed by atoms with Gasteiger partial charge in [0.15, 0.2) is 0 Å². The second-order valence-electron chi connectivity index (χ2n) is 12.8. The van der Waals surface area contributed by atoms with Gasteiger partial charge in [-0.3, -0.25) is 9.48 Å². The Labute approximate surface area is 247 Å². The highest BCUT2D eigenvalue weighted by Gasteiger charge is 2.28. The molecule has 1 N–H and O–H groups in total. The molecule has 3 aromatic rings. The molecule has 2 aliphatic heterocycles. The number of carbonyl (C=O) groups is 2. The number of aromatic nitrogens is 2. The molecule has 0 spiro atoms. The number of anilines is 1. The second-order valence-corrected chi connectivity index (χ2v) is 12.8. The van der Waals surface area contributed by atoms with E-state index in [1.54, 1.807) is 13.2 Å². The van der Waals surface area contributed by atoms with Crippen LogP contribution in [0, 0.1) is 12.8 Å². The van der Waals surface area contributed by atoms with Crippen LogP contribution >= 0.6 is 0 Å². The molecule has 3 heterocycles. The van der Waals surface area contributed by atoms with E-state index in [-0.39, 0.29) is 12.0 Å². The van der Waals surface area contributed by atoms with Gasteiger partial charge in [-0.2, -0.15) is 5.10 Å². The Hall–Kier alpha value is -4.01. The number of rotatable bonds is 6. The molecular formula is C33H42N4O5. The first-order chi connectivity index (χ1) is 19.8. The summed E-state index contributed by atoms with van der Waals surface area (Å²) in [6.45, 7) is 13.8. The number of hydrogen-bond acceptors (Lipinski definition) is 6. The largest absolute Gasteiger partial charge is 0.495 e. The molecule has 1 fully saturated rings. The number of benzene rings is 2. The Morgan fingerprint density at radius 1 is 1.14 bits per heavy atom. The van der Waals surface area contributed by atoms with Crippen LogP contribution in [0.15, 0.2) is 36.4 Å². The molecule has 0 aliphatic carbocycles. The van der Waals surface area contributed by atoms with Crippen LogP contribution in [0.3, 0.4) is 0 Å². The van der Waals surface area contributed by atoms with Crippen molar-refractivity contribution < 1.29 is 23.8 Å². The molecule has 9 heteroatoms. The van der Waals surface area contributed by atoms with Gasteiger partial charge in [0.1, 0.15) is 22.7 Å². The van der Waals surface area contributed by atoms with Crippen molar-refractivity contribution in [3.63, 3.8) is 0 Å². The third-order valence-electron chi connectivity index (χ3n) is 7.84. The first-order valence-electron chi connectivity index (χ1n) is 14.7. The van der Waals surface area contributed by atoms with E-state index < -0.39 is 11.2 Å².